The van der Waals surface area contributed by atoms with Crippen molar-refractivity contribution in [2.75, 3.05) is 14.2 Å². The Morgan fingerprint density at radius 3 is 2.05 bits per heavy atom. The summed E-state index contributed by atoms with van der Waals surface area (Å²) in [6.45, 7) is 6.54. The smallest absolute Gasteiger partial charge is 0.309 e. The fraction of sp³-hybridized carbons (Fsp3) is 0.533. The van der Waals surface area contributed by atoms with Crippen LogP contribution in [0.15, 0.2) is 0 Å². The van der Waals surface area contributed by atoms with Crippen molar-refractivity contribution < 1.29 is 23.8 Å². The Hall–Kier alpha value is -1.78. The first-order chi connectivity index (χ1) is 9.17. The maximum atomic E-state index is 14.2. The van der Waals surface area contributed by atoms with Gasteiger partial charge in [-0.15, -0.1) is 0 Å². The molecule has 112 valence electrons. The van der Waals surface area contributed by atoms with Gasteiger partial charge in [-0.05, 0) is 34.1 Å². The number of carbonyl (C=O) groups is 1. The minimum absolute atomic E-state index is 0.138. The molecule has 20 heavy (non-hydrogen) atoms. The highest BCUT2D eigenvalue weighted by Gasteiger charge is 2.32. The number of benzene rings is 1. The predicted molar refractivity (Wildman–Crippen MR) is 74.1 cm³/mol. The average molecular weight is 284 g/mol. The molecule has 0 aliphatic heterocycles. The Kier molecular flexibility index (Phi) is 4.63. The van der Waals surface area contributed by atoms with E-state index in [0.717, 1.165) is 0 Å². The van der Waals surface area contributed by atoms with E-state index < -0.39 is 17.2 Å². The van der Waals surface area contributed by atoms with E-state index in [-0.39, 0.29) is 12.2 Å². The molecule has 1 aromatic carbocycles. The zero-order valence-electron chi connectivity index (χ0n) is 12.8. The van der Waals surface area contributed by atoms with Crippen molar-refractivity contribution in [1.82, 2.24) is 0 Å². The molecule has 0 saturated heterocycles. The SMILES string of the molecule is COc1c(C)c(CC(C)(C)C(=O)O)c(OC)c(C)c1F. The minimum atomic E-state index is -0.979. The van der Waals surface area contributed by atoms with Gasteiger partial charge in [-0.1, -0.05) is 0 Å². The van der Waals surface area contributed by atoms with Crippen molar-refractivity contribution in [3.05, 3.63) is 22.5 Å². The van der Waals surface area contributed by atoms with Crippen molar-refractivity contribution in [2.24, 2.45) is 5.41 Å². The Morgan fingerprint density at radius 1 is 1.15 bits per heavy atom. The van der Waals surface area contributed by atoms with Gasteiger partial charge >= 0.3 is 5.97 Å². The molecule has 0 unspecified atom stereocenters. The molecule has 4 nitrogen and oxygen atoms in total. The van der Waals surface area contributed by atoms with Gasteiger partial charge in [-0.2, -0.15) is 0 Å². The van der Waals surface area contributed by atoms with E-state index in [1.54, 1.807) is 27.7 Å². The van der Waals surface area contributed by atoms with Crippen molar-refractivity contribution in [3.63, 3.8) is 0 Å². The molecule has 0 spiro atoms. The van der Waals surface area contributed by atoms with Crippen molar-refractivity contribution in [2.45, 2.75) is 34.1 Å². The predicted octanol–water partition coefficient (Wildman–Crippen LogP) is 3.11. The molecule has 1 N–H and O–H groups in total. The van der Waals surface area contributed by atoms with Crippen LogP contribution in [0, 0.1) is 25.1 Å². The van der Waals surface area contributed by atoms with Crippen molar-refractivity contribution >= 4 is 5.97 Å². The lowest BCUT2D eigenvalue weighted by Crippen LogP contribution is -2.27. The van der Waals surface area contributed by atoms with Gasteiger partial charge in [0.15, 0.2) is 11.6 Å². The van der Waals surface area contributed by atoms with Crippen LogP contribution < -0.4 is 9.47 Å². The second kappa shape index (κ2) is 5.69. The van der Waals surface area contributed by atoms with Gasteiger partial charge < -0.3 is 14.6 Å². The zero-order valence-corrected chi connectivity index (χ0v) is 12.8. The average Bonchev–Trinajstić information content (AvgIpc) is 2.36. The quantitative estimate of drug-likeness (QED) is 0.902. The normalized spacial score (nSPS) is 11.3. The van der Waals surface area contributed by atoms with Crippen LogP contribution in [-0.2, 0) is 11.2 Å². The molecule has 0 aliphatic carbocycles. The molecule has 0 aliphatic rings. The molecular weight excluding hydrogens is 263 g/mol. The first-order valence-corrected chi connectivity index (χ1v) is 6.30. The summed E-state index contributed by atoms with van der Waals surface area (Å²) in [6, 6.07) is 0. The number of halogens is 1. The van der Waals surface area contributed by atoms with Crippen LogP contribution in [0.4, 0.5) is 4.39 Å². The lowest BCUT2D eigenvalue weighted by Gasteiger charge is -2.24. The van der Waals surface area contributed by atoms with E-state index in [1.807, 2.05) is 0 Å². The van der Waals surface area contributed by atoms with Crippen LogP contribution in [0.1, 0.15) is 30.5 Å². The molecule has 0 bridgehead atoms. The van der Waals surface area contributed by atoms with E-state index in [0.29, 0.717) is 22.4 Å². The molecule has 0 amide bonds. The summed E-state index contributed by atoms with van der Waals surface area (Å²) in [6.07, 6.45) is 0.231. The highest BCUT2D eigenvalue weighted by Crippen LogP contribution is 2.39. The highest BCUT2D eigenvalue weighted by molar-refractivity contribution is 5.74. The van der Waals surface area contributed by atoms with Gasteiger partial charge in [0.1, 0.15) is 5.75 Å². The Balaban J connectivity index is 3.53. The largest absolute Gasteiger partial charge is 0.496 e. The molecule has 0 atom stereocenters. The van der Waals surface area contributed by atoms with Crippen LogP contribution >= 0.6 is 0 Å². The standard InChI is InChI=1S/C15H21FO4/c1-8-10(7-15(3,4)14(17)18)12(19-5)9(2)11(16)13(8)20-6/h7H2,1-6H3,(H,17,18). The van der Waals surface area contributed by atoms with E-state index in [1.165, 1.54) is 14.2 Å². The summed E-state index contributed by atoms with van der Waals surface area (Å²) in [4.78, 5) is 11.3. The second-order valence-corrected chi connectivity index (χ2v) is 5.47. The Morgan fingerprint density at radius 2 is 1.65 bits per heavy atom. The number of ether oxygens (including phenoxy) is 2. The molecule has 0 fully saturated rings. The molecule has 5 heteroatoms. The molecule has 1 rings (SSSR count). The molecule has 0 heterocycles. The number of carboxylic acid groups (broad SMARTS) is 1. The van der Waals surface area contributed by atoms with Crippen LogP contribution in [0.3, 0.4) is 0 Å². The number of aliphatic carboxylic acids is 1. The second-order valence-electron chi connectivity index (χ2n) is 5.47. The summed E-state index contributed by atoms with van der Waals surface area (Å²) < 4.78 is 24.5. The van der Waals surface area contributed by atoms with E-state index in [4.69, 9.17) is 9.47 Å². The van der Waals surface area contributed by atoms with Gasteiger partial charge in [0.25, 0.3) is 0 Å². The third-order valence-corrected chi connectivity index (χ3v) is 3.54. The van der Waals surface area contributed by atoms with E-state index >= 15 is 0 Å². The molecule has 0 aromatic heterocycles. The topological polar surface area (TPSA) is 55.8 Å². The first kappa shape index (κ1) is 16.3. The maximum absolute atomic E-state index is 14.2. The van der Waals surface area contributed by atoms with Gasteiger partial charge in [-0.3, -0.25) is 4.79 Å². The molecule has 1 aromatic rings. The summed E-state index contributed by atoms with van der Waals surface area (Å²) in [5.74, 6) is -0.867. The molecule has 0 radical (unpaired) electrons. The number of hydrogen-bond acceptors (Lipinski definition) is 3. The number of hydrogen-bond donors (Lipinski definition) is 1. The monoisotopic (exact) mass is 284 g/mol. The number of methoxy groups -OCH3 is 2. The van der Waals surface area contributed by atoms with Gasteiger partial charge in [0, 0.05) is 16.7 Å². The van der Waals surface area contributed by atoms with Crippen LogP contribution in [0.2, 0.25) is 0 Å². The highest BCUT2D eigenvalue weighted by atomic mass is 19.1. The van der Waals surface area contributed by atoms with Crippen LogP contribution in [-0.4, -0.2) is 25.3 Å². The third kappa shape index (κ3) is 2.71. The zero-order chi connectivity index (χ0) is 15.7. The third-order valence-electron chi connectivity index (χ3n) is 3.54. The Bertz CT molecular complexity index is 535. The maximum Gasteiger partial charge on any atom is 0.309 e. The summed E-state index contributed by atoms with van der Waals surface area (Å²) in [7, 11) is 2.84. The first-order valence-electron chi connectivity index (χ1n) is 6.30. The van der Waals surface area contributed by atoms with E-state index in [9.17, 15) is 14.3 Å². The molecular formula is C15H21FO4. The van der Waals surface area contributed by atoms with Crippen LogP contribution in [0.25, 0.3) is 0 Å². The minimum Gasteiger partial charge on any atom is -0.496 e. The van der Waals surface area contributed by atoms with Crippen LogP contribution in [0.5, 0.6) is 11.5 Å². The number of carboxylic acids is 1. The summed E-state index contributed by atoms with van der Waals surface area (Å²) >= 11 is 0. The lowest BCUT2D eigenvalue weighted by molar-refractivity contribution is -0.146. The molecule has 0 saturated carbocycles. The van der Waals surface area contributed by atoms with Crippen molar-refractivity contribution in [3.8, 4) is 11.5 Å². The van der Waals surface area contributed by atoms with Gasteiger partial charge in [0.2, 0.25) is 0 Å². The summed E-state index contributed by atoms with van der Waals surface area (Å²) in [5.41, 5.74) is 0.580. The number of rotatable bonds is 5. The van der Waals surface area contributed by atoms with Gasteiger partial charge in [-0.25, -0.2) is 4.39 Å². The lowest BCUT2D eigenvalue weighted by atomic mass is 9.83. The van der Waals surface area contributed by atoms with E-state index in [2.05, 4.69) is 0 Å². The fourth-order valence-corrected chi connectivity index (χ4v) is 2.22. The Labute approximate surface area is 118 Å². The fourth-order valence-electron chi connectivity index (χ4n) is 2.22. The van der Waals surface area contributed by atoms with Gasteiger partial charge in [0.05, 0.1) is 19.6 Å². The van der Waals surface area contributed by atoms with Crippen molar-refractivity contribution in [1.29, 1.82) is 0 Å². The summed E-state index contributed by atoms with van der Waals surface area (Å²) in [5, 5.41) is 9.26.